The number of guanidine groups is 1. The number of phenolic OH excluding ortho intramolecular Hbond substituents is 2. The third-order valence-electron chi connectivity index (χ3n) is 6.50. The van der Waals surface area contributed by atoms with Gasteiger partial charge in [0.15, 0.2) is 11.8 Å². The molecule has 2 heterocycles. The Morgan fingerprint density at radius 2 is 1.65 bits per heavy atom. The van der Waals surface area contributed by atoms with Gasteiger partial charge in [0.05, 0.1) is 6.04 Å². The van der Waals surface area contributed by atoms with Crippen molar-refractivity contribution in [1.29, 1.82) is 0 Å². The van der Waals surface area contributed by atoms with Crippen LogP contribution in [0.5, 0.6) is 11.5 Å². The highest BCUT2D eigenvalue weighted by molar-refractivity contribution is 5.83. The summed E-state index contributed by atoms with van der Waals surface area (Å²) in [5.74, 6) is -0.963. The van der Waals surface area contributed by atoms with Crippen molar-refractivity contribution in [1.82, 2.24) is 26.1 Å². The number of benzene rings is 2. The van der Waals surface area contributed by atoms with Crippen molar-refractivity contribution in [3.63, 3.8) is 0 Å². The van der Waals surface area contributed by atoms with Gasteiger partial charge in [-0.05, 0) is 48.2 Å². The van der Waals surface area contributed by atoms with Crippen molar-refractivity contribution in [2.24, 2.45) is 22.4 Å². The number of nitrogens with two attached hydrogens (primary N) is 2. The lowest BCUT2D eigenvalue weighted by molar-refractivity contribution is -0.140. The summed E-state index contributed by atoms with van der Waals surface area (Å²) in [7, 11) is 0. The Morgan fingerprint density at radius 3 is 2.27 bits per heavy atom. The minimum atomic E-state index is -1.22. The zero-order valence-corrected chi connectivity index (χ0v) is 21.5. The molecule has 2 amide bonds. The van der Waals surface area contributed by atoms with Crippen molar-refractivity contribution in [3.05, 3.63) is 71.4 Å². The molecule has 14 heteroatoms. The van der Waals surface area contributed by atoms with Gasteiger partial charge in [-0.1, -0.05) is 29.4 Å². The first-order valence-corrected chi connectivity index (χ1v) is 12.7. The number of carbonyl (C=O) groups excluding carboxylic acids is 1. The maximum Gasteiger partial charge on any atom is 0.326 e. The Kier molecular flexibility index (Phi) is 9.01. The average molecular weight is 553 g/mol. The van der Waals surface area contributed by atoms with Crippen molar-refractivity contribution < 1.29 is 29.4 Å². The molecule has 2 aromatic carbocycles. The molecule has 14 nitrogen and oxygen atoms in total. The highest BCUT2D eigenvalue weighted by Crippen LogP contribution is 2.22. The monoisotopic (exact) mass is 552 g/mol. The Balaban J connectivity index is 1.50. The van der Waals surface area contributed by atoms with E-state index >= 15 is 0 Å². The number of aromatic nitrogens is 2. The number of aliphatic imine (C=N–C) groups is 1. The van der Waals surface area contributed by atoms with E-state index < -0.39 is 36.0 Å². The second-order valence-corrected chi connectivity index (χ2v) is 9.53. The van der Waals surface area contributed by atoms with Crippen LogP contribution in [0, 0.1) is 5.92 Å². The zero-order valence-electron chi connectivity index (χ0n) is 21.5. The van der Waals surface area contributed by atoms with Crippen molar-refractivity contribution in [3.8, 4) is 11.5 Å². The van der Waals surface area contributed by atoms with Gasteiger partial charge in [0, 0.05) is 25.4 Å². The molecule has 0 spiro atoms. The van der Waals surface area contributed by atoms with E-state index in [0.717, 1.165) is 11.1 Å². The number of carboxylic acid groups (broad SMARTS) is 1. The molecule has 4 rings (SSSR count). The predicted molar refractivity (Wildman–Crippen MR) is 143 cm³/mol. The first kappa shape index (κ1) is 28.2. The van der Waals surface area contributed by atoms with Gasteiger partial charge in [0.25, 0.3) is 0 Å². The van der Waals surface area contributed by atoms with E-state index in [1.807, 2.05) is 0 Å². The quantitative estimate of drug-likeness (QED) is 0.174. The molecule has 1 aliphatic heterocycles. The van der Waals surface area contributed by atoms with Crippen LogP contribution in [0.25, 0.3) is 0 Å². The summed E-state index contributed by atoms with van der Waals surface area (Å²) in [5, 5.41) is 41.1. The van der Waals surface area contributed by atoms with Gasteiger partial charge in [-0.25, -0.2) is 9.59 Å². The van der Waals surface area contributed by atoms with Gasteiger partial charge in [-0.15, -0.1) is 0 Å². The molecule has 40 heavy (non-hydrogen) atoms. The van der Waals surface area contributed by atoms with Gasteiger partial charge >= 0.3 is 12.0 Å². The molecule has 1 aromatic heterocycles. The molecule has 0 bridgehead atoms. The minimum Gasteiger partial charge on any atom is -0.508 e. The number of rotatable bonds is 10. The molecule has 10 N–H and O–H groups in total. The highest BCUT2D eigenvalue weighted by Gasteiger charge is 2.32. The zero-order chi connectivity index (χ0) is 28.6. The molecular formula is C26H32N8O6. The van der Waals surface area contributed by atoms with Gasteiger partial charge in [0.2, 0.25) is 5.89 Å². The highest BCUT2D eigenvalue weighted by atomic mass is 16.5. The number of aromatic hydroxyl groups is 2. The molecule has 0 saturated heterocycles. The summed E-state index contributed by atoms with van der Waals surface area (Å²) >= 11 is 0. The van der Waals surface area contributed by atoms with E-state index in [9.17, 15) is 24.9 Å². The second kappa shape index (κ2) is 12.8. The van der Waals surface area contributed by atoms with E-state index in [2.05, 4.69) is 31.1 Å². The van der Waals surface area contributed by atoms with E-state index in [-0.39, 0.29) is 42.1 Å². The molecule has 0 radical (unpaired) electrons. The Hall–Kier alpha value is -4.85. The maximum absolute atomic E-state index is 13.1. The number of hydrogen-bond donors (Lipinski definition) is 8. The second-order valence-electron chi connectivity index (χ2n) is 9.53. The Morgan fingerprint density at radius 1 is 1.02 bits per heavy atom. The molecule has 1 unspecified atom stereocenters. The predicted octanol–water partition coefficient (Wildman–Crippen LogP) is 0.684. The first-order chi connectivity index (χ1) is 19.2. The molecular weight excluding hydrogens is 520 g/mol. The SMILES string of the molecule is NC1=NCC([C@H](NC(=O)N[C@@H](Cc2ccc(O)cc2)c2nc([C@@H](N)Cc3ccc(O)cc3)no2)C(=O)O)CCN1. The maximum atomic E-state index is 13.1. The molecule has 4 atom stereocenters. The van der Waals surface area contributed by atoms with E-state index in [1.165, 1.54) is 12.1 Å². The fourth-order valence-electron chi connectivity index (χ4n) is 4.33. The summed E-state index contributed by atoms with van der Waals surface area (Å²) in [4.78, 5) is 33.6. The number of nitrogens with zero attached hydrogens (tertiary/aromatic N) is 3. The van der Waals surface area contributed by atoms with Crippen LogP contribution in [0.15, 0.2) is 58.0 Å². The fourth-order valence-corrected chi connectivity index (χ4v) is 4.33. The van der Waals surface area contributed by atoms with Crippen molar-refractivity contribution in [2.75, 3.05) is 13.1 Å². The molecule has 212 valence electrons. The van der Waals surface area contributed by atoms with Crippen molar-refractivity contribution >= 4 is 18.0 Å². The Bertz CT molecular complexity index is 1330. The van der Waals surface area contributed by atoms with Crippen LogP contribution in [0.1, 0.15) is 41.3 Å². The summed E-state index contributed by atoms with van der Waals surface area (Å²) in [6.45, 7) is 0.560. The van der Waals surface area contributed by atoms with Gasteiger partial charge in [-0.2, -0.15) is 4.98 Å². The number of carbonyl (C=O) groups is 2. The van der Waals surface area contributed by atoms with Gasteiger partial charge < -0.3 is 47.3 Å². The van der Waals surface area contributed by atoms with Gasteiger partial charge in [0.1, 0.15) is 23.6 Å². The van der Waals surface area contributed by atoms with Gasteiger partial charge in [-0.3, -0.25) is 4.99 Å². The number of hydrogen-bond acceptors (Lipinski definition) is 11. The third kappa shape index (κ3) is 7.60. The topological polar surface area (TPSA) is 234 Å². The first-order valence-electron chi connectivity index (χ1n) is 12.7. The summed E-state index contributed by atoms with van der Waals surface area (Å²) in [6.07, 6.45) is 1.01. The minimum absolute atomic E-state index is 0.0716. The van der Waals surface area contributed by atoms with Crippen LogP contribution < -0.4 is 27.4 Å². The summed E-state index contributed by atoms with van der Waals surface area (Å²) < 4.78 is 5.47. The van der Waals surface area contributed by atoms with E-state index in [0.29, 0.717) is 19.4 Å². The lowest BCUT2D eigenvalue weighted by Gasteiger charge is -2.24. The lowest BCUT2D eigenvalue weighted by Crippen LogP contribution is -2.51. The van der Waals surface area contributed by atoms with Crippen LogP contribution in [-0.4, -0.2) is 62.6 Å². The molecule has 0 fully saturated rings. The van der Waals surface area contributed by atoms with Crippen LogP contribution in [0.4, 0.5) is 4.79 Å². The Labute approximate surface area is 229 Å². The summed E-state index contributed by atoms with van der Waals surface area (Å²) in [5.41, 5.74) is 13.6. The van der Waals surface area contributed by atoms with Crippen LogP contribution in [0.2, 0.25) is 0 Å². The van der Waals surface area contributed by atoms with Crippen LogP contribution >= 0.6 is 0 Å². The van der Waals surface area contributed by atoms with E-state index in [1.54, 1.807) is 36.4 Å². The largest absolute Gasteiger partial charge is 0.508 e. The average Bonchev–Trinajstić information content (AvgIpc) is 3.32. The number of carboxylic acids is 1. The van der Waals surface area contributed by atoms with E-state index in [4.69, 9.17) is 16.0 Å². The molecule has 0 aliphatic carbocycles. The lowest BCUT2D eigenvalue weighted by atomic mass is 9.96. The normalized spacial score (nSPS) is 17.4. The number of urea groups is 1. The smallest absolute Gasteiger partial charge is 0.326 e. The number of phenols is 2. The molecule has 3 aromatic rings. The number of aliphatic carboxylic acids is 1. The molecule has 0 saturated carbocycles. The van der Waals surface area contributed by atoms with Crippen LogP contribution in [0.3, 0.4) is 0 Å². The summed E-state index contributed by atoms with van der Waals surface area (Å²) in [6, 6.07) is 9.50. The van der Waals surface area contributed by atoms with Crippen LogP contribution in [-0.2, 0) is 17.6 Å². The number of amides is 2. The fraction of sp³-hybridized carbons (Fsp3) is 0.346. The van der Waals surface area contributed by atoms with Crippen molar-refractivity contribution in [2.45, 2.75) is 37.4 Å². The third-order valence-corrected chi connectivity index (χ3v) is 6.50. The molecule has 1 aliphatic rings. The number of nitrogens with one attached hydrogen (secondary N) is 3. The standard InChI is InChI=1S/C26H32N8O6/c27-19(11-14-1-5-17(35)6-2-14)22-33-23(40-34-22)20(12-15-3-7-18(36)8-4-15)31-26(39)32-21(24(37)38)16-9-10-29-25(28)30-13-16/h1-8,16,19-21,35-36H,9-13,27H2,(H,37,38)(H3,28,29,30)(H2,31,32,39)/t16?,19-,20-,21-/m0/s1.